The van der Waals surface area contributed by atoms with Crippen LogP contribution in [0, 0.1) is 5.92 Å². The van der Waals surface area contributed by atoms with Crippen molar-refractivity contribution in [3.8, 4) is 0 Å². The summed E-state index contributed by atoms with van der Waals surface area (Å²) >= 11 is 0. The Kier molecular flexibility index (Phi) is 5.08. The summed E-state index contributed by atoms with van der Waals surface area (Å²) in [5.74, 6) is 0.303. The lowest BCUT2D eigenvalue weighted by atomic mass is 10.1. The number of hydrogen-bond donors (Lipinski definition) is 1. The molecule has 0 saturated carbocycles. The van der Waals surface area contributed by atoms with Gasteiger partial charge in [-0.15, -0.1) is 0 Å². The standard InChI is InChI=1S/C10H22N2O2/c1-8(6-11)7-12(4)9(13)10(2,3)14-5/h8H,6-7,11H2,1-5H3. The Bertz CT molecular complexity index is 193. The molecule has 2 N–H and O–H groups in total. The highest BCUT2D eigenvalue weighted by Crippen LogP contribution is 2.12. The SMILES string of the molecule is COC(C)(C)C(=O)N(C)CC(C)CN. The number of amides is 1. The zero-order valence-electron chi connectivity index (χ0n) is 9.83. The monoisotopic (exact) mass is 202 g/mol. The molecule has 0 aliphatic carbocycles. The molecule has 0 rings (SSSR count). The first-order valence-corrected chi connectivity index (χ1v) is 4.86. The molecule has 0 radical (unpaired) electrons. The fraction of sp³-hybridized carbons (Fsp3) is 0.900. The summed E-state index contributed by atoms with van der Waals surface area (Å²) in [4.78, 5) is 13.5. The van der Waals surface area contributed by atoms with Crippen molar-refractivity contribution < 1.29 is 9.53 Å². The first-order chi connectivity index (χ1) is 6.35. The minimum Gasteiger partial charge on any atom is -0.369 e. The fourth-order valence-electron chi connectivity index (χ4n) is 1.17. The molecule has 0 aromatic carbocycles. The highest BCUT2D eigenvalue weighted by Gasteiger charge is 2.30. The minimum atomic E-state index is -0.747. The lowest BCUT2D eigenvalue weighted by Crippen LogP contribution is -2.46. The van der Waals surface area contributed by atoms with E-state index in [4.69, 9.17) is 10.5 Å². The first-order valence-electron chi connectivity index (χ1n) is 4.86. The number of nitrogens with zero attached hydrogens (tertiary/aromatic N) is 1. The van der Waals surface area contributed by atoms with Gasteiger partial charge in [-0.2, -0.15) is 0 Å². The van der Waals surface area contributed by atoms with E-state index in [1.54, 1.807) is 25.8 Å². The van der Waals surface area contributed by atoms with E-state index in [1.165, 1.54) is 7.11 Å². The Morgan fingerprint density at radius 3 is 2.43 bits per heavy atom. The Labute approximate surface area is 86.4 Å². The summed E-state index contributed by atoms with van der Waals surface area (Å²) in [6.07, 6.45) is 0. The van der Waals surface area contributed by atoms with Crippen LogP contribution in [-0.4, -0.2) is 43.7 Å². The predicted molar refractivity (Wildman–Crippen MR) is 56.9 cm³/mol. The van der Waals surface area contributed by atoms with Crippen LogP contribution in [0.5, 0.6) is 0 Å². The number of likely N-dealkylation sites (N-methyl/N-ethyl adjacent to an activating group) is 1. The van der Waals surface area contributed by atoms with E-state index in [2.05, 4.69) is 0 Å². The largest absolute Gasteiger partial charge is 0.369 e. The molecule has 14 heavy (non-hydrogen) atoms. The van der Waals surface area contributed by atoms with Crippen LogP contribution in [0.1, 0.15) is 20.8 Å². The van der Waals surface area contributed by atoms with Crippen LogP contribution >= 0.6 is 0 Å². The average molecular weight is 202 g/mol. The maximum absolute atomic E-state index is 11.8. The van der Waals surface area contributed by atoms with Gasteiger partial charge in [0.15, 0.2) is 0 Å². The molecule has 0 saturated heterocycles. The molecule has 0 aromatic rings. The van der Waals surface area contributed by atoms with Gasteiger partial charge in [0.1, 0.15) is 5.60 Å². The second kappa shape index (κ2) is 5.32. The van der Waals surface area contributed by atoms with E-state index in [0.29, 0.717) is 19.0 Å². The van der Waals surface area contributed by atoms with E-state index >= 15 is 0 Å². The Hall–Kier alpha value is -0.610. The molecule has 0 heterocycles. The van der Waals surface area contributed by atoms with Crippen molar-refractivity contribution in [2.45, 2.75) is 26.4 Å². The van der Waals surface area contributed by atoms with Gasteiger partial charge in [-0.1, -0.05) is 6.92 Å². The van der Waals surface area contributed by atoms with Gasteiger partial charge in [0, 0.05) is 20.7 Å². The molecule has 0 aromatic heterocycles. The van der Waals surface area contributed by atoms with E-state index in [-0.39, 0.29) is 5.91 Å². The molecular weight excluding hydrogens is 180 g/mol. The maximum Gasteiger partial charge on any atom is 0.253 e. The van der Waals surface area contributed by atoms with E-state index in [9.17, 15) is 4.79 Å². The average Bonchev–Trinajstić information content (AvgIpc) is 2.16. The molecule has 0 bridgehead atoms. The minimum absolute atomic E-state index is 0.0136. The Morgan fingerprint density at radius 1 is 1.57 bits per heavy atom. The van der Waals surface area contributed by atoms with Crippen molar-refractivity contribution >= 4 is 5.91 Å². The van der Waals surface area contributed by atoms with Crippen LogP contribution in [0.2, 0.25) is 0 Å². The fourth-order valence-corrected chi connectivity index (χ4v) is 1.17. The summed E-state index contributed by atoms with van der Waals surface area (Å²) in [5, 5.41) is 0. The molecule has 1 amide bonds. The van der Waals surface area contributed by atoms with Crippen LogP contribution in [0.3, 0.4) is 0 Å². The third-order valence-corrected chi connectivity index (χ3v) is 2.36. The summed E-state index contributed by atoms with van der Waals surface area (Å²) in [7, 11) is 3.31. The van der Waals surface area contributed by atoms with Crippen molar-refractivity contribution in [1.29, 1.82) is 0 Å². The van der Waals surface area contributed by atoms with Gasteiger partial charge in [0.05, 0.1) is 0 Å². The van der Waals surface area contributed by atoms with Gasteiger partial charge in [0.25, 0.3) is 5.91 Å². The third kappa shape index (κ3) is 3.64. The third-order valence-electron chi connectivity index (χ3n) is 2.36. The predicted octanol–water partition coefficient (Wildman–Crippen LogP) is 0.465. The molecule has 84 valence electrons. The first kappa shape index (κ1) is 13.4. The molecule has 0 aliphatic rings. The lowest BCUT2D eigenvalue weighted by Gasteiger charge is -2.29. The maximum atomic E-state index is 11.8. The number of ether oxygens (including phenoxy) is 1. The zero-order valence-corrected chi connectivity index (χ0v) is 9.83. The van der Waals surface area contributed by atoms with Gasteiger partial charge >= 0.3 is 0 Å². The molecule has 1 unspecified atom stereocenters. The number of nitrogens with two attached hydrogens (primary N) is 1. The van der Waals surface area contributed by atoms with Crippen LogP contribution < -0.4 is 5.73 Å². The number of methoxy groups -OCH3 is 1. The van der Waals surface area contributed by atoms with Crippen LogP contribution in [0.25, 0.3) is 0 Å². The topological polar surface area (TPSA) is 55.6 Å². The number of rotatable bonds is 5. The van der Waals surface area contributed by atoms with Gasteiger partial charge in [-0.05, 0) is 26.3 Å². The normalized spacial score (nSPS) is 13.9. The van der Waals surface area contributed by atoms with Gasteiger partial charge in [0.2, 0.25) is 0 Å². The van der Waals surface area contributed by atoms with Crippen LogP contribution in [-0.2, 0) is 9.53 Å². The van der Waals surface area contributed by atoms with Gasteiger partial charge in [-0.25, -0.2) is 0 Å². The lowest BCUT2D eigenvalue weighted by molar-refractivity contribution is -0.150. The van der Waals surface area contributed by atoms with Crippen molar-refractivity contribution in [3.63, 3.8) is 0 Å². The van der Waals surface area contributed by atoms with Crippen molar-refractivity contribution in [2.75, 3.05) is 27.2 Å². The van der Waals surface area contributed by atoms with E-state index < -0.39 is 5.60 Å². The van der Waals surface area contributed by atoms with E-state index in [0.717, 1.165) is 0 Å². The van der Waals surface area contributed by atoms with Crippen molar-refractivity contribution in [1.82, 2.24) is 4.90 Å². The molecule has 0 spiro atoms. The molecule has 4 nitrogen and oxygen atoms in total. The summed E-state index contributed by atoms with van der Waals surface area (Å²) in [6, 6.07) is 0. The quantitative estimate of drug-likeness (QED) is 0.705. The summed E-state index contributed by atoms with van der Waals surface area (Å²) in [5.41, 5.74) is 4.75. The Morgan fingerprint density at radius 2 is 2.07 bits per heavy atom. The van der Waals surface area contributed by atoms with Crippen LogP contribution in [0.15, 0.2) is 0 Å². The second-order valence-electron chi connectivity index (χ2n) is 4.24. The highest BCUT2D eigenvalue weighted by atomic mass is 16.5. The Balaban J connectivity index is 4.25. The molecular formula is C10H22N2O2. The number of carbonyl (C=O) groups excluding carboxylic acids is 1. The molecule has 0 fully saturated rings. The van der Waals surface area contributed by atoms with Crippen LogP contribution in [0.4, 0.5) is 0 Å². The summed E-state index contributed by atoms with van der Waals surface area (Å²) in [6.45, 7) is 6.80. The van der Waals surface area contributed by atoms with Crippen molar-refractivity contribution in [3.05, 3.63) is 0 Å². The number of carbonyl (C=O) groups is 1. The smallest absolute Gasteiger partial charge is 0.253 e. The van der Waals surface area contributed by atoms with E-state index in [1.807, 2.05) is 6.92 Å². The highest BCUT2D eigenvalue weighted by molar-refractivity contribution is 5.84. The molecule has 1 atom stereocenters. The molecule has 4 heteroatoms. The molecule has 0 aliphatic heterocycles. The summed E-state index contributed by atoms with van der Waals surface area (Å²) < 4.78 is 5.11. The number of hydrogen-bond acceptors (Lipinski definition) is 3. The van der Waals surface area contributed by atoms with Gasteiger partial charge in [-0.3, -0.25) is 4.79 Å². The zero-order chi connectivity index (χ0) is 11.4. The van der Waals surface area contributed by atoms with Gasteiger partial charge < -0.3 is 15.4 Å². The second-order valence-corrected chi connectivity index (χ2v) is 4.24. The van der Waals surface area contributed by atoms with Crippen molar-refractivity contribution in [2.24, 2.45) is 11.7 Å².